The average Bonchev–Trinajstić information content (AvgIpc) is 2.45. The number of carbonyl (C=O) groups is 1. The second-order valence-corrected chi connectivity index (χ2v) is 6.97. The minimum Gasteiger partial charge on any atom is -0.299 e. The van der Waals surface area contributed by atoms with Gasteiger partial charge >= 0.3 is 0 Å². The minimum absolute atomic E-state index is 0.492. The van der Waals surface area contributed by atoms with Crippen molar-refractivity contribution in [2.24, 2.45) is 23.7 Å². The van der Waals surface area contributed by atoms with Crippen LogP contribution in [0.2, 0.25) is 0 Å². The lowest BCUT2D eigenvalue weighted by Crippen LogP contribution is -2.38. The van der Waals surface area contributed by atoms with E-state index in [1.54, 1.807) is 11.1 Å². The van der Waals surface area contributed by atoms with Gasteiger partial charge in [-0.15, -0.1) is 0 Å². The molecule has 0 N–H and O–H groups in total. The van der Waals surface area contributed by atoms with E-state index in [4.69, 9.17) is 0 Å². The molecule has 0 amide bonds. The standard InChI is InChI=1S/C18H28O/c1-3-12-5-8-18-16-10-7-14(19)11-13(16)6-9-17(18)15(12)4-2/h12,15,17-18H,3-11H2,1-2H3/t12-,15+,17-,18+/m0/s1. The van der Waals surface area contributed by atoms with Gasteiger partial charge in [-0.3, -0.25) is 4.79 Å². The Balaban J connectivity index is 1.85. The van der Waals surface area contributed by atoms with Crippen LogP contribution in [0.25, 0.3) is 0 Å². The van der Waals surface area contributed by atoms with Crippen molar-refractivity contribution in [2.75, 3.05) is 0 Å². The van der Waals surface area contributed by atoms with E-state index >= 15 is 0 Å². The molecule has 0 heterocycles. The Labute approximate surface area is 117 Å². The van der Waals surface area contributed by atoms with Gasteiger partial charge in [-0.05, 0) is 55.8 Å². The topological polar surface area (TPSA) is 17.1 Å². The number of Topliss-reactive ketones (excluding diaryl/α,β-unsaturated/α-hetero) is 1. The Kier molecular flexibility index (Phi) is 3.82. The van der Waals surface area contributed by atoms with Crippen LogP contribution in [0.4, 0.5) is 0 Å². The molecule has 3 aliphatic rings. The summed E-state index contributed by atoms with van der Waals surface area (Å²) in [5, 5.41) is 0. The van der Waals surface area contributed by atoms with E-state index in [0.29, 0.717) is 5.78 Å². The van der Waals surface area contributed by atoms with Gasteiger partial charge in [0.1, 0.15) is 5.78 Å². The molecule has 0 aromatic heterocycles. The lowest BCUT2D eigenvalue weighted by Gasteiger charge is -2.48. The minimum atomic E-state index is 0.492. The van der Waals surface area contributed by atoms with E-state index < -0.39 is 0 Å². The highest BCUT2D eigenvalue weighted by atomic mass is 16.1. The quantitative estimate of drug-likeness (QED) is 0.645. The summed E-state index contributed by atoms with van der Waals surface area (Å²) < 4.78 is 0. The van der Waals surface area contributed by atoms with Crippen LogP contribution in [0.3, 0.4) is 0 Å². The summed E-state index contributed by atoms with van der Waals surface area (Å²) in [5.41, 5.74) is 3.30. The molecule has 0 saturated heterocycles. The molecule has 0 bridgehead atoms. The molecular weight excluding hydrogens is 232 g/mol. The van der Waals surface area contributed by atoms with E-state index in [1.807, 2.05) is 0 Å². The van der Waals surface area contributed by atoms with Crippen LogP contribution < -0.4 is 0 Å². The smallest absolute Gasteiger partial charge is 0.137 e. The second kappa shape index (κ2) is 5.42. The molecule has 0 radical (unpaired) electrons. The van der Waals surface area contributed by atoms with E-state index in [0.717, 1.165) is 42.9 Å². The molecule has 1 fully saturated rings. The molecule has 19 heavy (non-hydrogen) atoms. The predicted octanol–water partition coefficient (Wildman–Crippen LogP) is 4.91. The molecular formula is C18H28O. The molecule has 0 spiro atoms. The normalized spacial score (nSPS) is 38.9. The zero-order valence-corrected chi connectivity index (χ0v) is 12.6. The summed E-state index contributed by atoms with van der Waals surface area (Å²) in [6.07, 6.45) is 10.9. The summed E-state index contributed by atoms with van der Waals surface area (Å²) in [6.45, 7) is 4.77. The molecule has 4 atom stereocenters. The van der Waals surface area contributed by atoms with Crippen molar-refractivity contribution < 1.29 is 4.79 Å². The Morgan fingerprint density at radius 1 is 1.00 bits per heavy atom. The Morgan fingerprint density at radius 3 is 2.58 bits per heavy atom. The summed E-state index contributed by atoms with van der Waals surface area (Å²) >= 11 is 0. The highest BCUT2D eigenvalue weighted by Gasteiger charge is 2.42. The summed E-state index contributed by atoms with van der Waals surface area (Å²) in [6, 6.07) is 0. The molecule has 0 aromatic carbocycles. The predicted molar refractivity (Wildman–Crippen MR) is 78.9 cm³/mol. The maximum atomic E-state index is 11.7. The van der Waals surface area contributed by atoms with Crippen molar-refractivity contribution in [3.8, 4) is 0 Å². The molecule has 0 aromatic rings. The van der Waals surface area contributed by atoms with Gasteiger partial charge in [-0.2, -0.15) is 0 Å². The number of rotatable bonds is 2. The first-order valence-corrected chi connectivity index (χ1v) is 8.47. The van der Waals surface area contributed by atoms with Crippen LogP contribution >= 0.6 is 0 Å². The molecule has 0 unspecified atom stereocenters. The van der Waals surface area contributed by atoms with E-state index in [2.05, 4.69) is 13.8 Å². The Morgan fingerprint density at radius 2 is 1.84 bits per heavy atom. The van der Waals surface area contributed by atoms with Gasteiger partial charge in [0.2, 0.25) is 0 Å². The van der Waals surface area contributed by atoms with Crippen molar-refractivity contribution in [1.82, 2.24) is 0 Å². The van der Waals surface area contributed by atoms with E-state index in [1.165, 1.54) is 38.5 Å². The molecule has 1 heteroatoms. The first-order valence-electron chi connectivity index (χ1n) is 8.47. The van der Waals surface area contributed by atoms with E-state index in [-0.39, 0.29) is 0 Å². The van der Waals surface area contributed by atoms with Gasteiger partial charge in [0.15, 0.2) is 0 Å². The van der Waals surface area contributed by atoms with Gasteiger partial charge < -0.3 is 0 Å². The number of ketones is 1. The number of carbonyl (C=O) groups excluding carboxylic acids is 1. The van der Waals surface area contributed by atoms with Crippen molar-refractivity contribution in [3.05, 3.63) is 11.1 Å². The van der Waals surface area contributed by atoms with Crippen LogP contribution in [-0.4, -0.2) is 5.78 Å². The van der Waals surface area contributed by atoms with Crippen molar-refractivity contribution in [3.63, 3.8) is 0 Å². The zero-order chi connectivity index (χ0) is 13.4. The lowest BCUT2D eigenvalue weighted by atomic mass is 9.57. The molecule has 1 nitrogen and oxygen atoms in total. The fourth-order valence-corrected chi connectivity index (χ4v) is 5.39. The summed E-state index contributed by atoms with van der Waals surface area (Å²) in [7, 11) is 0. The monoisotopic (exact) mass is 260 g/mol. The van der Waals surface area contributed by atoms with Crippen LogP contribution in [0.1, 0.15) is 71.6 Å². The van der Waals surface area contributed by atoms with Gasteiger partial charge in [0.25, 0.3) is 0 Å². The second-order valence-electron chi connectivity index (χ2n) is 6.97. The number of allylic oxidation sites excluding steroid dienone is 2. The molecule has 0 aliphatic heterocycles. The van der Waals surface area contributed by atoms with Gasteiger partial charge in [-0.1, -0.05) is 37.8 Å². The zero-order valence-electron chi connectivity index (χ0n) is 12.6. The highest BCUT2D eigenvalue weighted by Crippen LogP contribution is 2.52. The fourth-order valence-electron chi connectivity index (χ4n) is 5.39. The number of hydrogen-bond acceptors (Lipinski definition) is 1. The summed E-state index contributed by atoms with van der Waals surface area (Å²) in [4.78, 5) is 11.7. The maximum absolute atomic E-state index is 11.7. The van der Waals surface area contributed by atoms with E-state index in [9.17, 15) is 4.79 Å². The molecule has 3 rings (SSSR count). The first kappa shape index (κ1) is 13.4. The fraction of sp³-hybridized carbons (Fsp3) is 0.833. The van der Waals surface area contributed by atoms with Gasteiger partial charge in [0.05, 0.1) is 0 Å². The van der Waals surface area contributed by atoms with Gasteiger partial charge in [0, 0.05) is 12.8 Å². The van der Waals surface area contributed by atoms with Crippen molar-refractivity contribution >= 4 is 5.78 Å². The van der Waals surface area contributed by atoms with Crippen molar-refractivity contribution in [2.45, 2.75) is 71.6 Å². The summed E-state index contributed by atoms with van der Waals surface area (Å²) in [5.74, 6) is 4.21. The van der Waals surface area contributed by atoms with Crippen LogP contribution in [0.5, 0.6) is 0 Å². The average molecular weight is 260 g/mol. The van der Waals surface area contributed by atoms with Crippen LogP contribution in [0, 0.1) is 23.7 Å². The third-order valence-corrected chi connectivity index (χ3v) is 6.28. The van der Waals surface area contributed by atoms with Crippen molar-refractivity contribution in [1.29, 1.82) is 0 Å². The lowest BCUT2D eigenvalue weighted by molar-refractivity contribution is -0.119. The highest BCUT2D eigenvalue weighted by molar-refractivity contribution is 5.82. The Hall–Kier alpha value is -0.590. The molecule has 1 saturated carbocycles. The molecule has 106 valence electrons. The Bertz CT molecular complexity index is 392. The molecule has 3 aliphatic carbocycles. The SMILES string of the molecule is CC[C@H]1CC[C@@H]2C3=C(CC[C@H]2[C@@H]1CC)CC(=O)CC3. The van der Waals surface area contributed by atoms with Crippen LogP contribution in [0.15, 0.2) is 11.1 Å². The largest absolute Gasteiger partial charge is 0.299 e. The number of fused-ring (bicyclic) bond motifs is 2. The number of hydrogen-bond donors (Lipinski definition) is 0. The maximum Gasteiger partial charge on any atom is 0.137 e. The third kappa shape index (κ3) is 2.30. The first-order chi connectivity index (χ1) is 9.24. The third-order valence-electron chi connectivity index (χ3n) is 6.28. The van der Waals surface area contributed by atoms with Crippen LogP contribution in [-0.2, 0) is 4.79 Å². The van der Waals surface area contributed by atoms with Gasteiger partial charge in [-0.25, -0.2) is 0 Å².